The Balaban J connectivity index is 1.95. The highest BCUT2D eigenvalue weighted by molar-refractivity contribution is 8.32. The minimum Gasteiger partial charge on any atom is -0.257 e. The van der Waals surface area contributed by atoms with E-state index in [4.69, 9.17) is 0 Å². The third-order valence-electron chi connectivity index (χ3n) is 6.48. The highest BCUT2D eigenvalue weighted by atomic mass is 32.3. The van der Waals surface area contributed by atoms with Gasteiger partial charge < -0.3 is 0 Å². The molecule has 0 fully saturated rings. The maximum atomic E-state index is 15.0. The van der Waals surface area contributed by atoms with Crippen molar-refractivity contribution in [2.45, 2.75) is 32.0 Å². The number of rotatable bonds is 7. The van der Waals surface area contributed by atoms with Gasteiger partial charge in [0.25, 0.3) is 0 Å². The van der Waals surface area contributed by atoms with Gasteiger partial charge >= 0.3 is 27.5 Å². The van der Waals surface area contributed by atoms with Crippen LogP contribution in [0.5, 0.6) is 0 Å². The summed E-state index contributed by atoms with van der Waals surface area (Å²) in [6.07, 6.45) is -6.87. The summed E-state index contributed by atoms with van der Waals surface area (Å²) >= 11 is 0. The molecule has 5 rings (SSSR count). The third-order valence-corrected chi connectivity index (χ3v) is 12.0. The zero-order valence-electron chi connectivity index (χ0n) is 20.7. The molecule has 0 aliphatic rings. The minimum atomic E-state index is -6.93. The maximum absolute atomic E-state index is 15.0. The molecule has 0 heterocycles. The van der Waals surface area contributed by atoms with Gasteiger partial charge in [0.05, 0.1) is 25.0 Å². The molecule has 0 spiro atoms. The Hall–Kier alpha value is -3.61. The van der Waals surface area contributed by atoms with E-state index in [1.807, 2.05) is 0 Å². The molecule has 41 heavy (non-hydrogen) atoms. The summed E-state index contributed by atoms with van der Waals surface area (Å²) in [6, 6.07) is 29.5. The smallest absolute Gasteiger partial charge is 0.257 e. The lowest BCUT2D eigenvalue weighted by atomic mass is 10.1. The first-order valence-corrected chi connectivity index (χ1v) is 14.9. The lowest BCUT2D eigenvalue weighted by Gasteiger charge is -2.37. The molecule has 0 saturated carbocycles. The van der Waals surface area contributed by atoms with Crippen molar-refractivity contribution >= 4 is 42.0 Å². The fourth-order valence-corrected chi connectivity index (χ4v) is 10.4. The van der Waals surface area contributed by atoms with Crippen LogP contribution in [0.15, 0.2) is 130 Å². The predicted molar refractivity (Wildman–Crippen MR) is 144 cm³/mol. The van der Waals surface area contributed by atoms with E-state index in [-0.39, 0.29) is 14.7 Å². The fourth-order valence-electron chi connectivity index (χ4n) is 4.54. The Morgan fingerprint density at radius 2 is 0.927 bits per heavy atom. The second-order valence-electron chi connectivity index (χ2n) is 8.99. The van der Waals surface area contributed by atoms with Crippen LogP contribution in [0.4, 0.5) is 30.7 Å². The van der Waals surface area contributed by atoms with Gasteiger partial charge in [-0.2, -0.15) is 30.7 Å². The molecule has 0 aliphatic carbocycles. The van der Waals surface area contributed by atoms with Gasteiger partial charge in [0.1, 0.15) is 0 Å². The molecule has 214 valence electrons. The third kappa shape index (κ3) is 4.54. The van der Waals surface area contributed by atoms with E-state index in [1.54, 1.807) is 66.7 Å². The molecule has 0 radical (unpaired) electrons. The van der Waals surface area contributed by atoms with E-state index >= 15 is 8.78 Å². The molecular weight excluding hydrogens is 593 g/mol. The van der Waals surface area contributed by atoms with Crippen LogP contribution in [0.1, 0.15) is 0 Å². The Morgan fingerprint density at radius 1 is 0.512 bits per heavy atom. The Kier molecular flexibility index (Phi) is 7.07. The Labute approximate surface area is 231 Å². The van der Waals surface area contributed by atoms with Crippen LogP contribution in [0, 0.1) is 0 Å². The topological polar surface area (TPSA) is 46.9 Å². The second-order valence-corrected chi connectivity index (χ2v) is 13.6. The minimum absolute atomic E-state index is 0.0300. The molecule has 3 nitrogen and oxygen atoms in total. The van der Waals surface area contributed by atoms with Crippen molar-refractivity contribution in [1.29, 1.82) is 0 Å². The average Bonchev–Trinajstić information content (AvgIpc) is 2.95. The van der Waals surface area contributed by atoms with Crippen LogP contribution >= 0.6 is 10.3 Å². The molecule has 12 heteroatoms. The van der Waals surface area contributed by atoms with Crippen molar-refractivity contribution < 1.29 is 42.8 Å². The molecule has 0 amide bonds. The van der Waals surface area contributed by atoms with Crippen LogP contribution in [-0.2, 0) is 10.1 Å². The van der Waals surface area contributed by atoms with E-state index in [1.165, 1.54) is 48.5 Å². The summed E-state index contributed by atoms with van der Waals surface area (Å²) in [6.45, 7) is 0. The molecular formula is C29H20F7O3S2+. The van der Waals surface area contributed by atoms with Crippen molar-refractivity contribution in [2.24, 2.45) is 0 Å². The molecule has 5 aromatic carbocycles. The zero-order valence-corrected chi connectivity index (χ0v) is 22.3. The monoisotopic (exact) mass is 613 g/mol. The normalized spacial score (nSPS) is 13.9. The summed E-state index contributed by atoms with van der Waals surface area (Å²) in [5.74, 6) is -6.93. The largest absolute Gasteiger partial charge is 0.489 e. The van der Waals surface area contributed by atoms with Crippen LogP contribution in [0.25, 0.3) is 21.5 Å². The van der Waals surface area contributed by atoms with Crippen LogP contribution < -0.4 is 0 Å². The van der Waals surface area contributed by atoms with E-state index in [0.29, 0.717) is 21.5 Å². The zero-order chi connectivity index (χ0) is 29.7. The lowest BCUT2D eigenvalue weighted by Crippen LogP contribution is -2.57. The summed E-state index contributed by atoms with van der Waals surface area (Å²) in [5, 5.41) is -4.84. The predicted octanol–water partition coefficient (Wildman–Crippen LogP) is 9.40. The molecule has 0 bridgehead atoms. The van der Waals surface area contributed by atoms with Crippen molar-refractivity contribution in [3.05, 3.63) is 115 Å². The van der Waals surface area contributed by atoms with E-state index in [9.17, 15) is 30.4 Å². The molecule has 0 saturated heterocycles. The summed E-state index contributed by atoms with van der Waals surface area (Å²) < 4.78 is 128. The van der Waals surface area contributed by atoms with E-state index in [2.05, 4.69) is 3.63 Å². The first-order chi connectivity index (χ1) is 19.2. The van der Waals surface area contributed by atoms with Crippen molar-refractivity contribution in [2.75, 3.05) is 0 Å². The number of hydrogen-bond acceptors (Lipinski definition) is 2. The quantitative estimate of drug-likeness (QED) is 0.104. The molecule has 0 atom stereocenters. The lowest BCUT2D eigenvalue weighted by molar-refractivity contribution is -0.333. The second kappa shape index (κ2) is 10.0. The van der Waals surface area contributed by atoms with Gasteiger partial charge in [-0.3, -0.25) is 3.63 Å². The molecule has 0 aliphatic heterocycles. The average molecular weight is 614 g/mol. The van der Waals surface area contributed by atoms with Gasteiger partial charge in [0.15, 0.2) is 0 Å². The van der Waals surface area contributed by atoms with Gasteiger partial charge in [0.2, 0.25) is 0 Å². The van der Waals surface area contributed by atoms with Gasteiger partial charge in [-0.05, 0) is 35.0 Å². The summed E-state index contributed by atoms with van der Waals surface area (Å²) in [5.41, 5.74) is 0. The van der Waals surface area contributed by atoms with Crippen molar-refractivity contribution in [3.63, 3.8) is 0 Å². The van der Waals surface area contributed by atoms with E-state index < -0.39 is 37.8 Å². The van der Waals surface area contributed by atoms with Crippen LogP contribution in [0.3, 0.4) is 0 Å². The number of alkyl halides is 7. The standard InChI is InChI=1S/C29H19F7O3S2/c30-27(31,28(32,33)34)29(35,36)41(37,38)39-40(22-14-2-1-3-15-22,25-18-8-12-20-10-4-6-16-23(20)25)26-19-9-13-21-11-5-7-17-24(21)26/h1-19H/p+1. The number of fused-ring (bicyclic) bond motifs is 2. The van der Waals surface area contributed by atoms with E-state index in [0.717, 1.165) is 0 Å². The molecule has 1 N–H and O–H groups in total. The van der Waals surface area contributed by atoms with Gasteiger partial charge in [-0.1, -0.05) is 91.0 Å². The highest BCUT2D eigenvalue weighted by Gasteiger charge is 2.82. The fraction of sp³-hybridized carbons (Fsp3) is 0.103. The SMILES string of the molecule is O=S(=O)([OH+]S(c1ccccc1)(c1cccc2ccccc12)c1cccc2ccccc12)C(F)(F)C(F)(F)C(F)(F)F. The highest BCUT2D eigenvalue weighted by Crippen LogP contribution is 2.71. The Morgan fingerprint density at radius 3 is 1.39 bits per heavy atom. The number of benzene rings is 5. The number of halogens is 7. The maximum Gasteiger partial charge on any atom is 0.489 e. The van der Waals surface area contributed by atoms with Crippen LogP contribution in [-0.4, -0.2) is 29.4 Å². The van der Waals surface area contributed by atoms with Gasteiger partial charge in [-0.15, -0.1) is 8.42 Å². The molecule has 5 aromatic rings. The number of hydrogen-bond donors (Lipinski definition) is 0. The van der Waals surface area contributed by atoms with Crippen molar-refractivity contribution in [1.82, 2.24) is 0 Å². The van der Waals surface area contributed by atoms with Crippen molar-refractivity contribution in [3.8, 4) is 0 Å². The first-order valence-electron chi connectivity index (χ1n) is 11.9. The molecule has 0 unspecified atom stereocenters. The summed E-state index contributed by atoms with van der Waals surface area (Å²) in [4.78, 5) is 0.156. The Bertz CT molecular complexity index is 1750. The van der Waals surface area contributed by atoms with Gasteiger partial charge in [-0.25, -0.2) is 0 Å². The van der Waals surface area contributed by atoms with Gasteiger partial charge in [0, 0.05) is 10.8 Å². The van der Waals surface area contributed by atoms with Crippen LogP contribution in [0.2, 0.25) is 0 Å². The summed E-state index contributed by atoms with van der Waals surface area (Å²) in [7, 11) is -10.8. The molecule has 0 aromatic heterocycles. The first kappa shape index (κ1) is 28.9.